The molecule has 0 saturated carbocycles. The molecule has 0 unspecified atom stereocenters. The van der Waals surface area contributed by atoms with Crippen LogP contribution in [0.15, 0.2) is 24.3 Å². The molecule has 31 heavy (non-hydrogen) atoms. The molecule has 0 radical (unpaired) electrons. The van der Waals surface area contributed by atoms with Gasteiger partial charge in [0.1, 0.15) is 22.2 Å². The lowest BCUT2D eigenvalue weighted by molar-refractivity contribution is -0.148. The van der Waals surface area contributed by atoms with Crippen molar-refractivity contribution >= 4 is 33.3 Å². The van der Waals surface area contributed by atoms with Gasteiger partial charge < -0.3 is 14.4 Å². The maximum absolute atomic E-state index is 12.1. The van der Waals surface area contributed by atoms with Crippen LogP contribution >= 0.6 is 11.3 Å². The first-order chi connectivity index (χ1) is 15.0. The Morgan fingerprint density at radius 1 is 1.10 bits per heavy atom. The van der Waals surface area contributed by atoms with E-state index in [4.69, 9.17) is 19.4 Å². The second-order valence-corrected chi connectivity index (χ2v) is 8.98. The van der Waals surface area contributed by atoms with Gasteiger partial charge >= 0.3 is 5.97 Å². The number of hydrogen-bond acceptors (Lipinski definition) is 7. The summed E-state index contributed by atoms with van der Waals surface area (Å²) >= 11 is 1.71. The van der Waals surface area contributed by atoms with E-state index in [0.717, 1.165) is 59.1 Å². The summed E-state index contributed by atoms with van der Waals surface area (Å²) in [6, 6.07) is 8.24. The zero-order valence-corrected chi connectivity index (χ0v) is 19.4. The van der Waals surface area contributed by atoms with Crippen molar-refractivity contribution < 1.29 is 14.3 Å². The van der Waals surface area contributed by atoms with E-state index in [1.54, 1.807) is 11.3 Å². The Kier molecular flexibility index (Phi) is 6.41. The summed E-state index contributed by atoms with van der Waals surface area (Å²) < 4.78 is 10.8. The number of carbonyl (C=O) groups is 1. The molecule has 0 N–H and O–H groups in total. The minimum Gasteiger partial charge on any atom is -0.494 e. The fraction of sp³-hybridized carbons (Fsp3) is 0.458. The molecule has 1 aliphatic rings. The average molecular weight is 440 g/mol. The molecule has 6 nitrogen and oxygen atoms in total. The number of anilines is 1. The highest BCUT2D eigenvalue weighted by molar-refractivity contribution is 7.19. The predicted molar refractivity (Wildman–Crippen MR) is 125 cm³/mol. The van der Waals surface area contributed by atoms with Gasteiger partial charge in [-0.25, -0.2) is 9.97 Å². The molecule has 4 rings (SSSR count). The van der Waals surface area contributed by atoms with Gasteiger partial charge in [0.05, 0.1) is 24.5 Å². The Bertz CT molecular complexity index is 1070. The number of aromatic nitrogens is 2. The molecule has 2 aromatic heterocycles. The van der Waals surface area contributed by atoms with E-state index in [0.29, 0.717) is 13.2 Å². The van der Waals surface area contributed by atoms with Crippen LogP contribution in [0.25, 0.3) is 21.3 Å². The molecule has 3 heterocycles. The van der Waals surface area contributed by atoms with Crippen molar-refractivity contribution in [3.8, 4) is 16.9 Å². The number of hydrogen-bond donors (Lipinski definition) is 0. The SMILES string of the molecule is CCOC(=O)C1CCN(c2nc(C)nc3sc(C)c(-c4ccc(OCC)cc4)c23)CC1. The number of benzene rings is 1. The van der Waals surface area contributed by atoms with Crippen LogP contribution in [0.4, 0.5) is 5.82 Å². The number of aryl methyl sites for hydroxylation is 2. The second kappa shape index (κ2) is 9.22. The molecule has 1 fully saturated rings. The van der Waals surface area contributed by atoms with Crippen LogP contribution in [0.2, 0.25) is 0 Å². The molecule has 0 amide bonds. The number of piperidine rings is 1. The van der Waals surface area contributed by atoms with Gasteiger partial charge in [0.15, 0.2) is 0 Å². The van der Waals surface area contributed by atoms with Crippen molar-refractivity contribution in [1.82, 2.24) is 9.97 Å². The summed E-state index contributed by atoms with van der Waals surface area (Å²) in [5.74, 6) is 2.52. The molecule has 0 spiro atoms. The highest BCUT2D eigenvalue weighted by Crippen LogP contribution is 2.42. The van der Waals surface area contributed by atoms with Gasteiger partial charge in [0.2, 0.25) is 0 Å². The van der Waals surface area contributed by atoms with Crippen molar-refractivity contribution in [3.63, 3.8) is 0 Å². The zero-order chi connectivity index (χ0) is 22.0. The van der Waals surface area contributed by atoms with Crippen molar-refractivity contribution in [2.24, 2.45) is 5.92 Å². The largest absolute Gasteiger partial charge is 0.494 e. The van der Waals surface area contributed by atoms with Crippen LogP contribution in [0.3, 0.4) is 0 Å². The van der Waals surface area contributed by atoms with Crippen LogP contribution in [0, 0.1) is 19.8 Å². The maximum Gasteiger partial charge on any atom is 0.309 e. The Hall–Kier alpha value is -2.67. The number of carbonyl (C=O) groups excluding carboxylic acids is 1. The van der Waals surface area contributed by atoms with Gasteiger partial charge in [-0.2, -0.15) is 0 Å². The van der Waals surface area contributed by atoms with Gasteiger partial charge in [0, 0.05) is 23.5 Å². The normalized spacial score (nSPS) is 14.8. The molecule has 3 aromatic rings. The van der Waals surface area contributed by atoms with E-state index in [1.165, 1.54) is 10.4 Å². The molecule has 7 heteroatoms. The first-order valence-electron chi connectivity index (χ1n) is 10.9. The van der Waals surface area contributed by atoms with Crippen LogP contribution in [-0.2, 0) is 9.53 Å². The Labute approximate surface area is 187 Å². The highest BCUT2D eigenvalue weighted by Gasteiger charge is 2.29. The molecule has 0 aliphatic carbocycles. The summed E-state index contributed by atoms with van der Waals surface area (Å²) in [6.45, 7) is 10.6. The molecule has 1 aliphatic heterocycles. The van der Waals surface area contributed by atoms with Gasteiger partial charge in [-0.3, -0.25) is 4.79 Å². The summed E-state index contributed by atoms with van der Waals surface area (Å²) in [6.07, 6.45) is 1.57. The van der Waals surface area contributed by atoms with E-state index >= 15 is 0 Å². The Morgan fingerprint density at radius 2 is 1.81 bits per heavy atom. The number of ether oxygens (including phenoxy) is 2. The third kappa shape index (κ3) is 4.37. The third-order valence-electron chi connectivity index (χ3n) is 5.69. The summed E-state index contributed by atoms with van der Waals surface area (Å²) in [7, 11) is 0. The van der Waals surface area contributed by atoms with Crippen LogP contribution in [0.1, 0.15) is 37.4 Å². The smallest absolute Gasteiger partial charge is 0.309 e. The molecule has 0 atom stereocenters. The van der Waals surface area contributed by atoms with E-state index < -0.39 is 0 Å². The van der Waals surface area contributed by atoms with Gasteiger partial charge in [-0.15, -0.1) is 11.3 Å². The third-order valence-corrected chi connectivity index (χ3v) is 6.69. The molecular formula is C24H29N3O3S. The number of thiophene rings is 1. The number of fused-ring (bicyclic) bond motifs is 1. The van der Waals surface area contributed by atoms with Crippen LogP contribution < -0.4 is 9.64 Å². The number of rotatable bonds is 6. The lowest BCUT2D eigenvalue weighted by Crippen LogP contribution is -2.37. The van der Waals surface area contributed by atoms with E-state index in [9.17, 15) is 4.79 Å². The van der Waals surface area contributed by atoms with Crippen molar-refractivity contribution in [3.05, 3.63) is 35.0 Å². The fourth-order valence-electron chi connectivity index (χ4n) is 4.25. The summed E-state index contributed by atoms with van der Waals surface area (Å²) in [4.78, 5) is 26.3. The Morgan fingerprint density at radius 3 is 2.45 bits per heavy atom. The fourth-order valence-corrected chi connectivity index (χ4v) is 5.33. The minimum atomic E-state index is -0.0763. The summed E-state index contributed by atoms with van der Waals surface area (Å²) in [5.41, 5.74) is 2.33. The first-order valence-corrected chi connectivity index (χ1v) is 11.8. The lowest BCUT2D eigenvalue weighted by atomic mass is 9.96. The molecule has 164 valence electrons. The maximum atomic E-state index is 12.1. The molecule has 0 bridgehead atoms. The standard InChI is InChI=1S/C24H29N3O3S/c1-5-29-19-9-7-17(8-10-19)20-15(3)31-23-21(20)22(25-16(4)26-23)27-13-11-18(12-14-27)24(28)30-6-2/h7-10,18H,5-6,11-14H2,1-4H3. The van der Waals surface area contributed by atoms with Gasteiger partial charge in [-0.05, 0) is 58.2 Å². The minimum absolute atomic E-state index is 0.0237. The van der Waals surface area contributed by atoms with Crippen molar-refractivity contribution in [2.45, 2.75) is 40.5 Å². The first kappa shape index (κ1) is 21.6. The monoisotopic (exact) mass is 439 g/mol. The van der Waals surface area contributed by atoms with E-state index in [2.05, 4.69) is 24.0 Å². The van der Waals surface area contributed by atoms with Crippen LogP contribution in [0.5, 0.6) is 5.75 Å². The summed E-state index contributed by atoms with van der Waals surface area (Å²) in [5, 5.41) is 1.10. The van der Waals surface area contributed by atoms with Gasteiger partial charge in [0.25, 0.3) is 0 Å². The quantitative estimate of drug-likeness (QED) is 0.495. The molecular weight excluding hydrogens is 410 g/mol. The Balaban J connectivity index is 1.70. The van der Waals surface area contributed by atoms with E-state index in [-0.39, 0.29) is 11.9 Å². The lowest BCUT2D eigenvalue weighted by Gasteiger charge is -2.32. The van der Waals surface area contributed by atoms with Crippen molar-refractivity contribution in [2.75, 3.05) is 31.2 Å². The second-order valence-electron chi connectivity index (χ2n) is 7.78. The van der Waals surface area contributed by atoms with Crippen molar-refractivity contribution in [1.29, 1.82) is 0 Å². The average Bonchev–Trinajstić information content (AvgIpc) is 3.09. The number of nitrogens with zero attached hydrogens (tertiary/aromatic N) is 3. The number of esters is 1. The highest BCUT2D eigenvalue weighted by atomic mass is 32.1. The van der Waals surface area contributed by atoms with E-state index in [1.807, 2.05) is 32.9 Å². The molecule has 1 aromatic carbocycles. The zero-order valence-electron chi connectivity index (χ0n) is 18.6. The topological polar surface area (TPSA) is 64.5 Å². The molecule has 1 saturated heterocycles. The predicted octanol–water partition coefficient (Wildman–Crippen LogP) is 5.15. The van der Waals surface area contributed by atoms with Crippen LogP contribution in [-0.4, -0.2) is 42.2 Å². The van der Waals surface area contributed by atoms with Gasteiger partial charge in [-0.1, -0.05) is 12.1 Å².